The van der Waals surface area contributed by atoms with Crippen LogP contribution in [-0.2, 0) is 9.84 Å². The van der Waals surface area contributed by atoms with Gasteiger partial charge in [-0.25, -0.2) is 13.2 Å². The summed E-state index contributed by atoms with van der Waals surface area (Å²) in [7, 11) is -2.87. The van der Waals surface area contributed by atoms with E-state index in [0.29, 0.717) is 12.8 Å². The molecule has 0 aromatic rings. The van der Waals surface area contributed by atoms with Crippen molar-refractivity contribution in [1.82, 2.24) is 10.6 Å². The zero-order valence-corrected chi connectivity index (χ0v) is 13.8. The number of rotatable bonds is 2. The van der Waals surface area contributed by atoms with E-state index in [9.17, 15) is 13.2 Å². The molecule has 0 spiro atoms. The molecule has 4 bridgehead atoms. The molecule has 1 heterocycles. The van der Waals surface area contributed by atoms with Crippen molar-refractivity contribution < 1.29 is 13.2 Å². The lowest BCUT2D eigenvalue weighted by atomic mass is 9.53. The fourth-order valence-electron chi connectivity index (χ4n) is 5.76. The van der Waals surface area contributed by atoms with Gasteiger partial charge in [0.2, 0.25) is 0 Å². The Balaban J connectivity index is 1.35. The van der Waals surface area contributed by atoms with E-state index in [-0.39, 0.29) is 29.1 Å². The summed E-state index contributed by atoms with van der Waals surface area (Å²) in [4.78, 5) is 12.4. The topological polar surface area (TPSA) is 75.3 Å². The summed E-state index contributed by atoms with van der Waals surface area (Å²) in [5.41, 5.74) is 0.0274. The highest BCUT2D eigenvalue weighted by Crippen LogP contribution is 2.55. The largest absolute Gasteiger partial charge is 0.335 e. The molecule has 1 aliphatic heterocycles. The molecule has 0 unspecified atom stereocenters. The monoisotopic (exact) mass is 326 g/mol. The van der Waals surface area contributed by atoms with Crippen LogP contribution in [0.2, 0.25) is 0 Å². The molecule has 0 aromatic heterocycles. The standard InChI is InChI=1S/C16H26N2O3S/c19-15(17-14-1-3-22(20,21)4-2-14)18-16-8-11-5-12(9-16)7-13(6-11)10-16/h11-14H,1-10H2,(H2,17,18,19). The Bertz CT molecular complexity index is 523. The van der Waals surface area contributed by atoms with Crippen molar-refractivity contribution in [2.75, 3.05) is 11.5 Å². The Morgan fingerprint density at radius 3 is 1.91 bits per heavy atom. The normalized spacial score (nSPS) is 43.0. The van der Waals surface area contributed by atoms with E-state index in [1.165, 1.54) is 19.3 Å². The highest BCUT2D eigenvalue weighted by molar-refractivity contribution is 7.91. The first-order chi connectivity index (χ1) is 10.4. The molecule has 5 nitrogen and oxygen atoms in total. The Morgan fingerprint density at radius 1 is 0.909 bits per heavy atom. The molecular formula is C16H26N2O3S. The highest BCUT2D eigenvalue weighted by atomic mass is 32.2. The molecule has 5 rings (SSSR count). The molecule has 0 atom stereocenters. The molecule has 22 heavy (non-hydrogen) atoms. The molecule has 4 aliphatic carbocycles. The van der Waals surface area contributed by atoms with E-state index in [2.05, 4.69) is 10.6 Å². The van der Waals surface area contributed by atoms with Gasteiger partial charge in [0.1, 0.15) is 9.84 Å². The van der Waals surface area contributed by atoms with Gasteiger partial charge < -0.3 is 10.6 Å². The van der Waals surface area contributed by atoms with E-state index in [1.807, 2.05) is 0 Å². The lowest BCUT2D eigenvalue weighted by Crippen LogP contribution is -2.62. The first kappa shape index (κ1) is 14.8. The maximum absolute atomic E-state index is 12.4. The Hall–Kier alpha value is -0.780. The van der Waals surface area contributed by atoms with Gasteiger partial charge in [-0.3, -0.25) is 0 Å². The molecule has 124 valence electrons. The maximum atomic E-state index is 12.4. The van der Waals surface area contributed by atoms with Crippen LogP contribution in [0.25, 0.3) is 0 Å². The van der Waals surface area contributed by atoms with Crippen LogP contribution in [0, 0.1) is 17.8 Å². The summed E-state index contributed by atoms with van der Waals surface area (Å²) in [5.74, 6) is 2.84. The third kappa shape index (κ3) is 2.86. The van der Waals surface area contributed by atoms with E-state index in [1.54, 1.807) is 0 Å². The van der Waals surface area contributed by atoms with Crippen molar-refractivity contribution in [3.8, 4) is 0 Å². The van der Waals surface area contributed by atoms with Crippen molar-refractivity contribution in [3.05, 3.63) is 0 Å². The van der Waals surface area contributed by atoms with Crippen molar-refractivity contribution >= 4 is 15.9 Å². The second-order valence-electron chi connectivity index (χ2n) is 8.22. The first-order valence-corrected chi connectivity index (χ1v) is 10.5. The summed E-state index contributed by atoms with van der Waals surface area (Å²) in [6.07, 6.45) is 8.63. The van der Waals surface area contributed by atoms with Gasteiger partial charge in [-0.15, -0.1) is 0 Å². The van der Waals surface area contributed by atoms with Crippen LogP contribution in [-0.4, -0.2) is 37.5 Å². The third-order valence-corrected chi connectivity index (χ3v) is 8.02. The first-order valence-electron chi connectivity index (χ1n) is 8.70. The van der Waals surface area contributed by atoms with Crippen molar-refractivity contribution in [3.63, 3.8) is 0 Å². The molecule has 5 fully saturated rings. The molecule has 1 saturated heterocycles. The Labute approximate surface area is 132 Å². The van der Waals surface area contributed by atoms with Crippen molar-refractivity contribution in [1.29, 1.82) is 0 Å². The van der Waals surface area contributed by atoms with E-state index in [4.69, 9.17) is 0 Å². The number of sulfone groups is 1. The second-order valence-corrected chi connectivity index (χ2v) is 10.5. The lowest BCUT2D eigenvalue weighted by molar-refractivity contribution is -0.0136. The van der Waals surface area contributed by atoms with Crippen LogP contribution >= 0.6 is 0 Å². The van der Waals surface area contributed by atoms with Gasteiger partial charge in [0, 0.05) is 11.6 Å². The third-order valence-electron chi connectivity index (χ3n) is 6.31. The predicted molar refractivity (Wildman–Crippen MR) is 84.2 cm³/mol. The summed E-state index contributed by atoms with van der Waals surface area (Å²) in [5, 5.41) is 6.31. The number of amides is 2. The van der Waals surface area contributed by atoms with E-state index < -0.39 is 9.84 Å². The number of carbonyl (C=O) groups excluding carboxylic acids is 1. The lowest BCUT2D eigenvalue weighted by Gasteiger charge is -2.56. The number of hydrogen-bond donors (Lipinski definition) is 2. The van der Waals surface area contributed by atoms with Gasteiger partial charge in [0.05, 0.1) is 11.5 Å². The van der Waals surface area contributed by atoms with Gasteiger partial charge in [-0.2, -0.15) is 0 Å². The average Bonchev–Trinajstić information content (AvgIpc) is 2.39. The fourth-order valence-corrected chi connectivity index (χ4v) is 7.25. The SMILES string of the molecule is O=C(NC1CCS(=O)(=O)CC1)NC12CC3CC(CC(C3)C1)C2. The van der Waals surface area contributed by atoms with Gasteiger partial charge in [0.25, 0.3) is 0 Å². The molecule has 2 N–H and O–H groups in total. The van der Waals surface area contributed by atoms with Crippen LogP contribution in [0.5, 0.6) is 0 Å². The predicted octanol–water partition coefficient (Wildman–Crippen LogP) is 1.83. The highest BCUT2D eigenvalue weighted by Gasteiger charge is 2.51. The maximum Gasteiger partial charge on any atom is 0.315 e. The molecule has 0 radical (unpaired) electrons. The quantitative estimate of drug-likeness (QED) is 0.813. The number of hydrogen-bond acceptors (Lipinski definition) is 3. The van der Waals surface area contributed by atoms with Crippen LogP contribution in [0.4, 0.5) is 4.79 Å². The minimum Gasteiger partial charge on any atom is -0.335 e. The van der Waals surface area contributed by atoms with Gasteiger partial charge in [0.15, 0.2) is 0 Å². The smallest absolute Gasteiger partial charge is 0.315 e. The Morgan fingerprint density at radius 2 is 1.41 bits per heavy atom. The van der Waals surface area contributed by atoms with Gasteiger partial charge in [-0.1, -0.05) is 0 Å². The van der Waals surface area contributed by atoms with Crippen molar-refractivity contribution in [2.24, 2.45) is 17.8 Å². The number of carbonyl (C=O) groups is 1. The van der Waals surface area contributed by atoms with Crippen LogP contribution in [0.1, 0.15) is 51.4 Å². The average molecular weight is 326 g/mol. The molecule has 0 aromatic carbocycles. The molecule has 5 aliphatic rings. The summed E-state index contributed by atoms with van der Waals surface area (Å²) in [6.45, 7) is 0. The molecule has 2 amide bonds. The van der Waals surface area contributed by atoms with Crippen molar-refractivity contribution in [2.45, 2.75) is 62.9 Å². The summed E-state index contributed by atoms with van der Waals surface area (Å²) < 4.78 is 22.9. The number of nitrogens with one attached hydrogen (secondary N) is 2. The van der Waals surface area contributed by atoms with Gasteiger partial charge >= 0.3 is 6.03 Å². The molecule has 4 saturated carbocycles. The summed E-state index contributed by atoms with van der Waals surface area (Å²) in [6, 6.07) is -0.0660. The Kier molecular flexibility index (Phi) is 3.44. The second kappa shape index (κ2) is 5.11. The number of urea groups is 1. The minimum atomic E-state index is -2.87. The van der Waals surface area contributed by atoms with Crippen LogP contribution in [0.15, 0.2) is 0 Å². The molecular weight excluding hydrogens is 300 g/mol. The van der Waals surface area contributed by atoms with Crippen LogP contribution < -0.4 is 10.6 Å². The summed E-state index contributed by atoms with van der Waals surface area (Å²) >= 11 is 0. The fraction of sp³-hybridized carbons (Fsp3) is 0.938. The zero-order chi connectivity index (χ0) is 15.4. The van der Waals surface area contributed by atoms with E-state index >= 15 is 0 Å². The van der Waals surface area contributed by atoms with Crippen LogP contribution in [0.3, 0.4) is 0 Å². The minimum absolute atomic E-state index is 0.0115. The zero-order valence-electron chi connectivity index (χ0n) is 13.0. The molecule has 6 heteroatoms. The van der Waals surface area contributed by atoms with E-state index in [0.717, 1.165) is 37.0 Å². The van der Waals surface area contributed by atoms with Gasteiger partial charge in [-0.05, 0) is 69.1 Å².